The molecule has 0 amide bonds. The topological polar surface area (TPSA) is 8.17 Å². The minimum absolute atomic E-state index is 1.05. The highest BCUT2D eigenvalue weighted by atomic mass is 15.1. The van der Waals surface area contributed by atoms with Gasteiger partial charge in [0.2, 0.25) is 0 Å². The first-order valence-electron chi connectivity index (χ1n) is 22.4. The van der Waals surface area contributed by atoms with Crippen LogP contribution in [0.2, 0.25) is 0 Å². The number of aromatic nitrogens is 1. The average molecular weight is 821 g/mol. The number of benzene rings is 9. The molecule has 2 heteroatoms. The Morgan fingerprint density at radius 2 is 1.11 bits per heavy atom. The average Bonchev–Trinajstić information content (AvgIpc) is 3.68. The van der Waals surface area contributed by atoms with Gasteiger partial charge in [-0.05, 0) is 160 Å². The Balaban J connectivity index is 1.05. The number of anilines is 3. The van der Waals surface area contributed by atoms with E-state index in [0.717, 1.165) is 29.9 Å². The molecule has 11 rings (SSSR count). The van der Waals surface area contributed by atoms with Crippen molar-refractivity contribution in [3.05, 3.63) is 236 Å². The summed E-state index contributed by atoms with van der Waals surface area (Å²) in [6.45, 7) is 4.32. The molecule has 9 aromatic carbocycles. The van der Waals surface area contributed by atoms with Gasteiger partial charge in [-0.2, -0.15) is 0 Å². The lowest BCUT2D eigenvalue weighted by molar-refractivity contribution is 1.02. The standard InChI is InChI=1S/C62H48N2/c1-3-16-48-42-59-61(39-43(48)2)64(52-24-8-5-9-25-52)60-30-15-29-58(62(59)60)51-23-13-26-55(41-51)63(54-37-33-47(34-38-54)57-28-14-20-46-19-10-11-27-56(46)57)53-35-31-45(32-36-53)50-22-12-21-49(40-50)44-17-6-4-7-18-44/h3-4,6-8,10-42H,5,9H2,1-2H3/b16-3-. The van der Waals surface area contributed by atoms with E-state index >= 15 is 0 Å². The van der Waals surface area contributed by atoms with Gasteiger partial charge in [0.25, 0.3) is 0 Å². The second kappa shape index (κ2) is 16.7. The summed E-state index contributed by atoms with van der Waals surface area (Å²) < 4.78 is 2.47. The molecular formula is C62H48N2. The Hall–Kier alpha value is -7.94. The van der Waals surface area contributed by atoms with Gasteiger partial charge in [-0.15, -0.1) is 0 Å². The van der Waals surface area contributed by atoms with Gasteiger partial charge in [-0.25, -0.2) is 0 Å². The fraction of sp³-hybridized carbons (Fsp3) is 0.0645. The van der Waals surface area contributed by atoms with Crippen LogP contribution >= 0.6 is 0 Å². The third-order valence-electron chi connectivity index (χ3n) is 12.8. The second-order valence-corrected chi connectivity index (χ2v) is 16.8. The molecule has 0 bridgehead atoms. The van der Waals surface area contributed by atoms with E-state index in [4.69, 9.17) is 0 Å². The van der Waals surface area contributed by atoms with Crippen LogP contribution in [-0.4, -0.2) is 4.57 Å². The lowest BCUT2D eigenvalue weighted by atomic mass is 9.96. The van der Waals surface area contributed by atoms with E-state index < -0.39 is 0 Å². The van der Waals surface area contributed by atoms with Crippen molar-refractivity contribution >= 4 is 61.4 Å². The van der Waals surface area contributed by atoms with Crippen LogP contribution in [0.3, 0.4) is 0 Å². The van der Waals surface area contributed by atoms with Crippen molar-refractivity contribution in [3.8, 4) is 44.5 Å². The molecular weight excluding hydrogens is 773 g/mol. The zero-order chi connectivity index (χ0) is 43.0. The van der Waals surface area contributed by atoms with Gasteiger partial charge < -0.3 is 9.47 Å². The van der Waals surface area contributed by atoms with E-state index in [1.165, 1.54) is 93.9 Å². The normalized spacial score (nSPS) is 12.7. The molecule has 1 aliphatic rings. The largest absolute Gasteiger partial charge is 0.310 e. The van der Waals surface area contributed by atoms with Crippen molar-refractivity contribution in [1.29, 1.82) is 0 Å². The molecule has 1 aromatic heterocycles. The van der Waals surface area contributed by atoms with Crippen molar-refractivity contribution in [1.82, 2.24) is 4.57 Å². The molecule has 0 unspecified atom stereocenters. The first kappa shape index (κ1) is 38.9. The number of rotatable bonds is 9. The summed E-state index contributed by atoms with van der Waals surface area (Å²) in [7, 11) is 0. The number of allylic oxidation sites excluding steroid dienone is 5. The van der Waals surface area contributed by atoms with Crippen molar-refractivity contribution in [3.63, 3.8) is 0 Å². The van der Waals surface area contributed by atoms with Gasteiger partial charge in [0, 0.05) is 33.5 Å². The second-order valence-electron chi connectivity index (χ2n) is 16.8. The number of hydrogen-bond donors (Lipinski definition) is 0. The maximum absolute atomic E-state index is 2.47. The summed E-state index contributed by atoms with van der Waals surface area (Å²) >= 11 is 0. The van der Waals surface area contributed by atoms with Gasteiger partial charge in [0.1, 0.15) is 0 Å². The van der Waals surface area contributed by atoms with E-state index in [1.54, 1.807) is 0 Å². The highest BCUT2D eigenvalue weighted by molar-refractivity contribution is 6.17. The summed E-state index contributed by atoms with van der Waals surface area (Å²) in [6.07, 6.45) is 13.5. The van der Waals surface area contributed by atoms with Gasteiger partial charge >= 0.3 is 0 Å². The van der Waals surface area contributed by atoms with Crippen molar-refractivity contribution < 1.29 is 0 Å². The lowest BCUT2D eigenvalue weighted by Gasteiger charge is -2.26. The Labute approximate surface area is 376 Å². The Morgan fingerprint density at radius 3 is 1.88 bits per heavy atom. The predicted octanol–water partition coefficient (Wildman–Crippen LogP) is 17.6. The zero-order valence-electron chi connectivity index (χ0n) is 36.2. The van der Waals surface area contributed by atoms with Crippen LogP contribution < -0.4 is 4.90 Å². The summed E-state index contributed by atoms with van der Waals surface area (Å²) in [5.41, 5.74) is 19.1. The van der Waals surface area contributed by atoms with Gasteiger partial charge in [0.15, 0.2) is 0 Å². The Morgan fingerprint density at radius 1 is 0.469 bits per heavy atom. The molecule has 1 aliphatic carbocycles. The fourth-order valence-corrected chi connectivity index (χ4v) is 9.72. The van der Waals surface area contributed by atoms with Crippen LogP contribution in [0.5, 0.6) is 0 Å². The number of fused-ring (bicyclic) bond motifs is 4. The number of aryl methyl sites for hydroxylation is 1. The summed E-state index contributed by atoms with van der Waals surface area (Å²) in [5, 5.41) is 5.04. The van der Waals surface area contributed by atoms with E-state index in [9.17, 15) is 0 Å². The smallest absolute Gasteiger partial charge is 0.0547 e. The van der Waals surface area contributed by atoms with E-state index in [1.807, 2.05) is 0 Å². The van der Waals surface area contributed by atoms with Crippen molar-refractivity contribution in [2.45, 2.75) is 26.7 Å². The maximum atomic E-state index is 2.47. The zero-order valence-corrected chi connectivity index (χ0v) is 36.2. The highest BCUT2D eigenvalue weighted by Crippen LogP contribution is 2.43. The van der Waals surface area contributed by atoms with E-state index in [-0.39, 0.29) is 0 Å². The fourth-order valence-electron chi connectivity index (χ4n) is 9.72. The first-order valence-corrected chi connectivity index (χ1v) is 22.4. The molecule has 0 saturated heterocycles. The van der Waals surface area contributed by atoms with Crippen LogP contribution in [0.1, 0.15) is 30.9 Å². The minimum Gasteiger partial charge on any atom is -0.310 e. The SMILES string of the molecule is C/C=C\c1cc2c3c(-c4cccc(N(c5ccc(-c6cccc(-c7ccccc7)c6)cc5)c5ccc(-c6cccc7ccccc67)cc5)c4)cccc3n(C3=CCCC=C3)c2cc1C. The molecule has 0 aliphatic heterocycles. The van der Waals surface area contributed by atoms with Crippen molar-refractivity contribution in [2.24, 2.45) is 0 Å². The van der Waals surface area contributed by atoms with Crippen molar-refractivity contribution in [2.75, 3.05) is 4.90 Å². The summed E-state index contributed by atoms with van der Waals surface area (Å²) in [4.78, 5) is 2.40. The Bertz CT molecular complexity index is 3430. The van der Waals surface area contributed by atoms with Gasteiger partial charge in [0.05, 0.1) is 11.0 Å². The van der Waals surface area contributed by atoms with Crippen LogP contribution in [0.4, 0.5) is 17.1 Å². The minimum atomic E-state index is 1.05. The molecule has 2 nitrogen and oxygen atoms in total. The highest BCUT2D eigenvalue weighted by Gasteiger charge is 2.20. The Kier molecular flexibility index (Phi) is 10.2. The lowest BCUT2D eigenvalue weighted by Crippen LogP contribution is -2.10. The predicted molar refractivity (Wildman–Crippen MR) is 275 cm³/mol. The molecule has 10 aromatic rings. The molecule has 64 heavy (non-hydrogen) atoms. The molecule has 0 N–H and O–H groups in total. The van der Waals surface area contributed by atoms with Crippen LogP contribution in [0.15, 0.2) is 224 Å². The summed E-state index contributed by atoms with van der Waals surface area (Å²) in [6, 6.07) is 73.5. The molecule has 306 valence electrons. The molecule has 0 spiro atoms. The van der Waals surface area contributed by atoms with Crippen LogP contribution in [0.25, 0.3) is 88.9 Å². The van der Waals surface area contributed by atoms with E-state index in [0.29, 0.717) is 0 Å². The van der Waals surface area contributed by atoms with Crippen LogP contribution in [0, 0.1) is 6.92 Å². The third kappa shape index (κ3) is 7.13. The van der Waals surface area contributed by atoms with Gasteiger partial charge in [-0.1, -0.05) is 164 Å². The molecule has 1 heterocycles. The monoisotopic (exact) mass is 820 g/mol. The molecule has 0 saturated carbocycles. The summed E-state index contributed by atoms with van der Waals surface area (Å²) in [5.74, 6) is 0. The molecule has 0 atom stereocenters. The number of hydrogen-bond acceptors (Lipinski definition) is 1. The quantitative estimate of drug-likeness (QED) is 0.141. The third-order valence-corrected chi connectivity index (χ3v) is 12.8. The van der Waals surface area contributed by atoms with Crippen LogP contribution in [-0.2, 0) is 0 Å². The maximum Gasteiger partial charge on any atom is 0.0547 e. The first-order chi connectivity index (χ1) is 31.6. The molecule has 0 fully saturated rings. The van der Waals surface area contributed by atoms with E-state index in [2.05, 4.69) is 254 Å². The van der Waals surface area contributed by atoms with Gasteiger partial charge in [-0.3, -0.25) is 0 Å². The molecule has 0 radical (unpaired) electrons. The number of nitrogens with zero attached hydrogens (tertiary/aromatic N) is 2.